The first-order chi connectivity index (χ1) is 9.47. The molecule has 0 aromatic heterocycles. The Kier molecular flexibility index (Phi) is 3.00. The summed E-state index contributed by atoms with van der Waals surface area (Å²) in [7, 11) is 0. The summed E-state index contributed by atoms with van der Waals surface area (Å²) >= 11 is 0. The number of aliphatic carboxylic acids is 1. The Hall–Kier alpha value is -1.91. The Morgan fingerprint density at radius 2 is 2.05 bits per heavy atom. The average Bonchev–Trinajstić information content (AvgIpc) is 2.94. The van der Waals surface area contributed by atoms with Crippen LogP contribution in [-0.2, 0) is 4.79 Å². The molecule has 0 aliphatic carbocycles. The molecular weight excluding hydrogens is 261 g/mol. The number of aryl methyl sites for hydroxylation is 1. The number of fused-ring (bicyclic) bond motifs is 2. The van der Waals surface area contributed by atoms with E-state index in [0.717, 1.165) is 12.8 Å². The summed E-state index contributed by atoms with van der Waals surface area (Å²) in [4.78, 5) is 25.4. The Labute approximate surface area is 116 Å². The lowest BCUT2D eigenvalue weighted by molar-refractivity contribution is -0.142. The number of hydrogen-bond donors (Lipinski definition) is 1. The van der Waals surface area contributed by atoms with Gasteiger partial charge in [0.1, 0.15) is 5.82 Å². The van der Waals surface area contributed by atoms with Crippen molar-refractivity contribution >= 4 is 11.9 Å². The zero-order valence-corrected chi connectivity index (χ0v) is 11.2. The second kappa shape index (κ2) is 4.58. The number of carbonyl (C=O) groups excluding carboxylic acids is 1. The predicted molar refractivity (Wildman–Crippen MR) is 69.9 cm³/mol. The number of benzene rings is 1. The highest BCUT2D eigenvalue weighted by molar-refractivity contribution is 5.95. The summed E-state index contributed by atoms with van der Waals surface area (Å²) in [5.41, 5.74) is 1.00. The Balaban J connectivity index is 1.90. The molecular formula is C15H16FNO3. The molecule has 106 valence electrons. The fraction of sp³-hybridized carbons (Fsp3) is 0.467. The summed E-state index contributed by atoms with van der Waals surface area (Å²) in [5, 5.41) is 9.20. The summed E-state index contributed by atoms with van der Waals surface area (Å²) in [5.74, 6) is -2.00. The molecule has 2 fully saturated rings. The van der Waals surface area contributed by atoms with E-state index >= 15 is 0 Å². The summed E-state index contributed by atoms with van der Waals surface area (Å²) < 4.78 is 13.4. The molecule has 3 rings (SSSR count). The Morgan fingerprint density at radius 3 is 2.65 bits per heavy atom. The van der Waals surface area contributed by atoms with Crippen LogP contribution in [0.1, 0.15) is 35.2 Å². The Morgan fingerprint density at radius 1 is 1.30 bits per heavy atom. The quantitative estimate of drug-likeness (QED) is 0.901. The van der Waals surface area contributed by atoms with Crippen LogP contribution in [0.25, 0.3) is 0 Å². The molecule has 2 aliphatic rings. The molecule has 0 spiro atoms. The van der Waals surface area contributed by atoms with Gasteiger partial charge < -0.3 is 10.0 Å². The van der Waals surface area contributed by atoms with Crippen molar-refractivity contribution in [3.05, 3.63) is 35.1 Å². The number of amides is 1. The molecule has 0 saturated carbocycles. The van der Waals surface area contributed by atoms with Crippen molar-refractivity contribution < 1.29 is 19.1 Å². The zero-order valence-electron chi connectivity index (χ0n) is 11.2. The van der Waals surface area contributed by atoms with Crippen molar-refractivity contribution in [2.45, 2.75) is 38.3 Å². The third-order valence-corrected chi connectivity index (χ3v) is 4.38. The molecule has 2 aliphatic heterocycles. The molecule has 2 saturated heterocycles. The standard InChI is InChI=1S/C15H16FNO3/c1-8-4-9(6-10(16)5-8)14(18)17-11-2-3-13(17)12(7-11)15(19)20/h4-6,11-13H,2-3,7H2,1H3,(H,19,20). The lowest BCUT2D eigenvalue weighted by Gasteiger charge is -2.23. The maximum absolute atomic E-state index is 13.4. The third kappa shape index (κ3) is 1.97. The molecule has 1 aromatic carbocycles. The van der Waals surface area contributed by atoms with Gasteiger partial charge in [-0.25, -0.2) is 4.39 Å². The number of rotatable bonds is 2. The maximum atomic E-state index is 13.4. The predicted octanol–water partition coefficient (Wildman–Crippen LogP) is 2.21. The van der Waals surface area contributed by atoms with Crippen LogP contribution >= 0.6 is 0 Å². The SMILES string of the molecule is Cc1cc(F)cc(C(=O)N2C3CCC2C(C(=O)O)C3)c1. The monoisotopic (exact) mass is 277 g/mol. The van der Waals surface area contributed by atoms with Crippen LogP contribution in [0.15, 0.2) is 18.2 Å². The first kappa shape index (κ1) is 13.1. The first-order valence-electron chi connectivity index (χ1n) is 6.80. The van der Waals surface area contributed by atoms with E-state index in [4.69, 9.17) is 0 Å². The summed E-state index contributed by atoms with van der Waals surface area (Å²) in [6, 6.07) is 3.99. The number of carboxylic acid groups (broad SMARTS) is 1. The van der Waals surface area contributed by atoms with Gasteiger partial charge in [0, 0.05) is 17.6 Å². The molecule has 3 unspecified atom stereocenters. The minimum absolute atomic E-state index is 0.0165. The average molecular weight is 277 g/mol. The minimum Gasteiger partial charge on any atom is -0.481 e. The zero-order chi connectivity index (χ0) is 14.4. The number of nitrogens with zero attached hydrogens (tertiary/aromatic N) is 1. The second-order valence-corrected chi connectivity index (χ2v) is 5.71. The topological polar surface area (TPSA) is 57.6 Å². The van der Waals surface area contributed by atoms with E-state index in [-0.39, 0.29) is 18.0 Å². The molecule has 4 nitrogen and oxygen atoms in total. The van der Waals surface area contributed by atoms with Gasteiger partial charge in [-0.05, 0) is 49.9 Å². The van der Waals surface area contributed by atoms with Crippen LogP contribution in [0.4, 0.5) is 4.39 Å². The van der Waals surface area contributed by atoms with Crippen LogP contribution in [0, 0.1) is 18.7 Å². The molecule has 2 heterocycles. The van der Waals surface area contributed by atoms with Gasteiger partial charge in [0.15, 0.2) is 0 Å². The maximum Gasteiger partial charge on any atom is 0.308 e. The van der Waals surface area contributed by atoms with E-state index in [1.54, 1.807) is 17.9 Å². The van der Waals surface area contributed by atoms with E-state index in [2.05, 4.69) is 0 Å². The number of halogens is 1. The van der Waals surface area contributed by atoms with E-state index in [0.29, 0.717) is 17.5 Å². The molecule has 2 bridgehead atoms. The fourth-order valence-electron chi connectivity index (χ4n) is 3.58. The van der Waals surface area contributed by atoms with Crippen LogP contribution < -0.4 is 0 Å². The molecule has 0 radical (unpaired) electrons. The molecule has 1 N–H and O–H groups in total. The van der Waals surface area contributed by atoms with Crippen molar-refractivity contribution in [3.63, 3.8) is 0 Å². The van der Waals surface area contributed by atoms with Crippen LogP contribution in [0.2, 0.25) is 0 Å². The van der Waals surface area contributed by atoms with E-state index in [1.807, 2.05) is 0 Å². The van der Waals surface area contributed by atoms with Gasteiger partial charge >= 0.3 is 5.97 Å². The lowest BCUT2D eigenvalue weighted by atomic mass is 9.89. The largest absolute Gasteiger partial charge is 0.481 e. The van der Waals surface area contributed by atoms with Crippen molar-refractivity contribution in [2.24, 2.45) is 5.92 Å². The van der Waals surface area contributed by atoms with Crippen molar-refractivity contribution in [3.8, 4) is 0 Å². The van der Waals surface area contributed by atoms with Crippen molar-refractivity contribution in [1.29, 1.82) is 0 Å². The minimum atomic E-state index is -0.842. The highest BCUT2D eigenvalue weighted by Gasteiger charge is 2.51. The smallest absolute Gasteiger partial charge is 0.308 e. The van der Waals surface area contributed by atoms with Gasteiger partial charge in [0.2, 0.25) is 0 Å². The van der Waals surface area contributed by atoms with Crippen LogP contribution in [-0.4, -0.2) is 34.0 Å². The van der Waals surface area contributed by atoms with Crippen molar-refractivity contribution in [1.82, 2.24) is 4.90 Å². The van der Waals surface area contributed by atoms with Crippen LogP contribution in [0.3, 0.4) is 0 Å². The first-order valence-corrected chi connectivity index (χ1v) is 6.80. The van der Waals surface area contributed by atoms with Gasteiger partial charge in [-0.15, -0.1) is 0 Å². The fourth-order valence-corrected chi connectivity index (χ4v) is 3.58. The molecule has 3 atom stereocenters. The van der Waals surface area contributed by atoms with E-state index in [1.165, 1.54) is 12.1 Å². The lowest BCUT2D eigenvalue weighted by Crippen LogP contribution is -2.37. The molecule has 1 amide bonds. The molecule has 1 aromatic rings. The van der Waals surface area contributed by atoms with E-state index in [9.17, 15) is 19.1 Å². The Bertz CT molecular complexity index is 566. The second-order valence-electron chi connectivity index (χ2n) is 5.71. The highest BCUT2D eigenvalue weighted by Crippen LogP contribution is 2.42. The summed E-state index contributed by atoms with van der Waals surface area (Å²) in [6.45, 7) is 1.73. The number of hydrogen-bond acceptors (Lipinski definition) is 2. The molecule has 20 heavy (non-hydrogen) atoms. The van der Waals surface area contributed by atoms with Gasteiger partial charge in [-0.1, -0.05) is 0 Å². The van der Waals surface area contributed by atoms with Gasteiger partial charge in [0.05, 0.1) is 5.92 Å². The van der Waals surface area contributed by atoms with Gasteiger partial charge in [0.25, 0.3) is 5.91 Å². The van der Waals surface area contributed by atoms with Gasteiger partial charge in [-0.3, -0.25) is 9.59 Å². The van der Waals surface area contributed by atoms with E-state index < -0.39 is 17.7 Å². The van der Waals surface area contributed by atoms with Crippen molar-refractivity contribution in [2.75, 3.05) is 0 Å². The van der Waals surface area contributed by atoms with Crippen LogP contribution in [0.5, 0.6) is 0 Å². The number of carbonyl (C=O) groups is 2. The highest BCUT2D eigenvalue weighted by atomic mass is 19.1. The number of carboxylic acids is 1. The normalized spacial score (nSPS) is 27.9. The third-order valence-electron chi connectivity index (χ3n) is 4.38. The van der Waals surface area contributed by atoms with Gasteiger partial charge in [-0.2, -0.15) is 0 Å². The summed E-state index contributed by atoms with van der Waals surface area (Å²) in [6.07, 6.45) is 2.08. The molecule has 5 heteroatoms.